The molecular weight excluding hydrogens is 606 g/mol. The lowest BCUT2D eigenvalue weighted by Crippen LogP contribution is -2.26. The predicted molar refractivity (Wildman–Crippen MR) is 174 cm³/mol. The van der Waals surface area contributed by atoms with Crippen molar-refractivity contribution in [2.45, 2.75) is 52.9 Å². The van der Waals surface area contributed by atoms with E-state index in [2.05, 4.69) is 15.3 Å². The molecular formula is C35H38F2N6O4. The van der Waals surface area contributed by atoms with Crippen LogP contribution in [-0.4, -0.2) is 58.0 Å². The minimum absolute atomic E-state index is 0.00826. The van der Waals surface area contributed by atoms with Crippen LogP contribution in [0.15, 0.2) is 54.9 Å². The molecule has 0 bridgehead atoms. The molecule has 1 N–H and O–H groups in total. The van der Waals surface area contributed by atoms with Crippen molar-refractivity contribution in [2.24, 2.45) is 5.92 Å². The average Bonchev–Trinajstić information content (AvgIpc) is 3.45. The molecule has 0 radical (unpaired) electrons. The number of nitrogens with zero attached hydrogens (tertiary/aromatic N) is 5. The van der Waals surface area contributed by atoms with Crippen LogP contribution in [0, 0.1) is 31.4 Å². The lowest BCUT2D eigenvalue weighted by atomic mass is 10.1. The Hall–Kier alpha value is -4.68. The second-order valence-electron chi connectivity index (χ2n) is 11.8. The number of aryl methyl sites for hydroxylation is 2. The van der Waals surface area contributed by atoms with E-state index < -0.39 is 11.6 Å². The standard InChI is InChI=1S/C35H38F2N6O4/c1-21(20-47-32-11-7-8-12-45-32)19-46-24-14-27(36)26(28(37)15-24)18-43-30-10-6-5-9-25(30)33(42-43)35-39-17-31(44-4)34(41-35)40-29-13-23(3)38-16-22(29)2/h5-6,9-10,13-17,21,32H,7-8,11-12,18-20H2,1-4H3,(H,38,39,40,41)/t21-,32?/m0/s1. The van der Waals surface area contributed by atoms with Gasteiger partial charge in [-0.2, -0.15) is 5.10 Å². The summed E-state index contributed by atoms with van der Waals surface area (Å²) in [4.78, 5) is 13.6. The van der Waals surface area contributed by atoms with E-state index in [1.165, 1.54) is 12.1 Å². The fourth-order valence-corrected chi connectivity index (χ4v) is 5.39. The fraction of sp³-hybridized carbons (Fsp3) is 0.371. The lowest BCUT2D eigenvalue weighted by Gasteiger charge is -2.24. The van der Waals surface area contributed by atoms with Gasteiger partial charge in [0.05, 0.1) is 38.6 Å². The summed E-state index contributed by atoms with van der Waals surface area (Å²) < 4.78 is 55.0. The van der Waals surface area contributed by atoms with Crippen LogP contribution in [0.25, 0.3) is 22.4 Å². The summed E-state index contributed by atoms with van der Waals surface area (Å²) in [6.07, 6.45) is 6.15. The number of methoxy groups -OCH3 is 1. The molecule has 4 heterocycles. The molecule has 1 unspecified atom stereocenters. The van der Waals surface area contributed by atoms with E-state index in [0.717, 1.165) is 41.6 Å². The maximum absolute atomic E-state index is 15.4. The number of para-hydroxylation sites is 1. The Bertz CT molecular complexity index is 1840. The van der Waals surface area contributed by atoms with Gasteiger partial charge in [0.1, 0.15) is 23.1 Å². The SMILES string of the molecule is COc1cnc(-c2nn(Cc3c(F)cc(OC[C@H](C)COC4CCCCO4)cc3F)c3ccccc23)nc1Nc1cc(C)ncc1C. The van der Waals surface area contributed by atoms with Crippen LogP contribution >= 0.6 is 0 Å². The summed E-state index contributed by atoms with van der Waals surface area (Å²) in [6, 6.07) is 11.8. The van der Waals surface area contributed by atoms with Gasteiger partial charge in [0.2, 0.25) is 0 Å². The highest BCUT2D eigenvalue weighted by molar-refractivity contribution is 5.92. The highest BCUT2D eigenvalue weighted by atomic mass is 19.1. The van der Waals surface area contributed by atoms with E-state index in [1.54, 1.807) is 24.2 Å². The van der Waals surface area contributed by atoms with E-state index in [0.29, 0.717) is 41.8 Å². The largest absolute Gasteiger partial charge is 0.493 e. The Kier molecular flexibility index (Phi) is 9.88. The van der Waals surface area contributed by atoms with Crippen LogP contribution in [0.1, 0.15) is 43.0 Å². The Morgan fingerprint density at radius 2 is 1.85 bits per heavy atom. The van der Waals surface area contributed by atoms with Crippen molar-refractivity contribution < 1.29 is 27.7 Å². The average molecular weight is 645 g/mol. The van der Waals surface area contributed by atoms with Gasteiger partial charge in [-0.3, -0.25) is 9.67 Å². The molecule has 0 aliphatic carbocycles. The summed E-state index contributed by atoms with van der Waals surface area (Å²) in [6.45, 7) is 7.04. The van der Waals surface area contributed by atoms with Crippen LogP contribution in [0.5, 0.6) is 11.5 Å². The maximum atomic E-state index is 15.4. The Labute approximate surface area is 272 Å². The van der Waals surface area contributed by atoms with Crippen LogP contribution in [-0.2, 0) is 16.0 Å². The van der Waals surface area contributed by atoms with E-state index >= 15 is 8.78 Å². The van der Waals surface area contributed by atoms with Crippen molar-refractivity contribution >= 4 is 22.4 Å². The van der Waals surface area contributed by atoms with Crippen LogP contribution in [0.3, 0.4) is 0 Å². The smallest absolute Gasteiger partial charge is 0.183 e. The van der Waals surface area contributed by atoms with Crippen molar-refractivity contribution in [1.29, 1.82) is 0 Å². The van der Waals surface area contributed by atoms with Crippen molar-refractivity contribution in [3.63, 3.8) is 0 Å². The lowest BCUT2D eigenvalue weighted by molar-refractivity contribution is -0.169. The number of pyridine rings is 1. The second kappa shape index (κ2) is 14.4. The highest BCUT2D eigenvalue weighted by Gasteiger charge is 2.21. The number of halogens is 2. The summed E-state index contributed by atoms with van der Waals surface area (Å²) in [5, 5.41) is 8.79. The van der Waals surface area contributed by atoms with Gasteiger partial charge in [-0.25, -0.2) is 18.7 Å². The van der Waals surface area contributed by atoms with Gasteiger partial charge in [-0.05, 0) is 50.8 Å². The number of hydrogen-bond donors (Lipinski definition) is 1. The zero-order valence-corrected chi connectivity index (χ0v) is 26.9. The Morgan fingerprint density at radius 1 is 1.04 bits per heavy atom. The third-order valence-corrected chi connectivity index (χ3v) is 8.00. The first-order valence-electron chi connectivity index (χ1n) is 15.7. The third kappa shape index (κ3) is 7.50. The van der Waals surface area contributed by atoms with E-state index in [9.17, 15) is 0 Å². The topological polar surface area (TPSA) is 105 Å². The molecule has 3 aromatic heterocycles. The first kappa shape index (κ1) is 32.3. The molecule has 0 saturated carbocycles. The normalized spacial score (nSPS) is 15.5. The van der Waals surface area contributed by atoms with E-state index in [1.807, 2.05) is 51.1 Å². The monoisotopic (exact) mass is 644 g/mol. The second-order valence-corrected chi connectivity index (χ2v) is 11.8. The molecule has 12 heteroatoms. The predicted octanol–water partition coefficient (Wildman–Crippen LogP) is 7.14. The van der Waals surface area contributed by atoms with Gasteiger partial charge in [-0.15, -0.1) is 0 Å². The molecule has 2 aromatic carbocycles. The Balaban J connectivity index is 1.21. The fourth-order valence-electron chi connectivity index (χ4n) is 5.39. The number of ether oxygens (including phenoxy) is 4. The number of aromatic nitrogens is 5. The van der Waals surface area contributed by atoms with Gasteiger partial charge in [-0.1, -0.05) is 25.1 Å². The van der Waals surface area contributed by atoms with Gasteiger partial charge in [0.25, 0.3) is 0 Å². The quantitative estimate of drug-likeness (QED) is 0.152. The van der Waals surface area contributed by atoms with Crippen molar-refractivity contribution in [2.75, 3.05) is 32.2 Å². The van der Waals surface area contributed by atoms with Gasteiger partial charge in [0, 0.05) is 53.2 Å². The zero-order valence-electron chi connectivity index (χ0n) is 26.9. The van der Waals surface area contributed by atoms with Crippen LogP contribution in [0.2, 0.25) is 0 Å². The zero-order chi connectivity index (χ0) is 32.9. The summed E-state index contributed by atoms with van der Waals surface area (Å²) >= 11 is 0. The van der Waals surface area contributed by atoms with Gasteiger partial charge < -0.3 is 24.3 Å². The van der Waals surface area contributed by atoms with E-state index in [4.69, 9.17) is 29.0 Å². The molecule has 0 spiro atoms. The number of benzene rings is 2. The third-order valence-electron chi connectivity index (χ3n) is 8.00. The first-order valence-corrected chi connectivity index (χ1v) is 15.7. The van der Waals surface area contributed by atoms with Crippen molar-refractivity contribution in [3.8, 4) is 23.0 Å². The van der Waals surface area contributed by atoms with Gasteiger partial charge in [0.15, 0.2) is 23.7 Å². The molecule has 246 valence electrons. The summed E-state index contributed by atoms with van der Waals surface area (Å²) in [5.74, 6) is -0.120. The molecule has 10 nitrogen and oxygen atoms in total. The van der Waals surface area contributed by atoms with Crippen LogP contribution < -0.4 is 14.8 Å². The summed E-state index contributed by atoms with van der Waals surface area (Å²) in [7, 11) is 1.54. The molecule has 1 saturated heterocycles. The molecule has 47 heavy (non-hydrogen) atoms. The van der Waals surface area contributed by atoms with Crippen molar-refractivity contribution in [3.05, 3.63) is 83.3 Å². The number of anilines is 2. The summed E-state index contributed by atoms with van der Waals surface area (Å²) in [5.41, 5.74) is 3.60. The minimum Gasteiger partial charge on any atom is -0.493 e. The molecule has 6 rings (SSSR count). The molecule has 1 aliphatic heterocycles. The molecule has 0 amide bonds. The van der Waals surface area contributed by atoms with Crippen LogP contribution in [0.4, 0.5) is 20.3 Å². The molecule has 1 aliphatic rings. The van der Waals surface area contributed by atoms with E-state index in [-0.39, 0.29) is 36.7 Å². The number of hydrogen-bond acceptors (Lipinski definition) is 9. The number of fused-ring (bicyclic) bond motifs is 1. The molecule has 5 aromatic rings. The maximum Gasteiger partial charge on any atom is 0.183 e. The Morgan fingerprint density at radius 3 is 2.62 bits per heavy atom. The minimum atomic E-state index is -0.726. The first-order chi connectivity index (χ1) is 22.8. The molecule has 2 atom stereocenters. The number of nitrogens with one attached hydrogen (secondary N) is 1. The molecule has 1 fully saturated rings. The highest BCUT2D eigenvalue weighted by Crippen LogP contribution is 2.32. The van der Waals surface area contributed by atoms with Gasteiger partial charge >= 0.3 is 0 Å². The van der Waals surface area contributed by atoms with Crippen molar-refractivity contribution in [1.82, 2.24) is 24.7 Å². The number of rotatable bonds is 12.